The molecule has 1 aromatic heterocycles. The van der Waals surface area contributed by atoms with Crippen LogP contribution in [0.3, 0.4) is 0 Å². The summed E-state index contributed by atoms with van der Waals surface area (Å²) >= 11 is 9.05. The minimum absolute atomic E-state index is 0.358. The zero-order valence-electron chi connectivity index (χ0n) is 7.82. The highest BCUT2D eigenvalue weighted by Crippen LogP contribution is 2.27. The van der Waals surface area contributed by atoms with Gasteiger partial charge in [-0.3, -0.25) is 0 Å². The molecule has 0 aliphatic heterocycles. The van der Waals surface area contributed by atoms with Crippen LogP contribution in [-0.2, 0) is 0 Å². The van der Waals surface area contributed by atoms with Gasteiger partial charge in [0.25, 0.3) is 0 Å². The van der Waals surface area contributed by atoms with Crippen molar-refractivity contribution in [3.63, 3.8) is 0 Å². The Balaban J connectivity index is 2.45. The molecule has 0 saturated heterocycles. The first-order valence-electron chi connectivity index (χ1n) is 4.12. The van der Waals surface area contributed by atoms with Gasteiger partial charge in [0.1, 0.15) is 5.75 Å². The molecule has 6 heteroatoms. The third-order valence-electron chi connectivity index (χ3n) is 1.86. The number of aromatic nitrogens is 3. The molecule has 15 heavy (non-hydrogen) atoms. The number of hydrogen-bond donors (Lipinski definition) is 0. The summed E-state index contributed by atoms with van der Waals surface area (Å²) in [7, 11) is 1.61. The van der Waals surface area contributed by atoms with Crippen molar-refractivity contribution in [3.8, 4) is 11.4 Å². The highest BCUT2D eigenvalue weighted by molar-refractivity contribution is 9.10. The van der Waals surface area contributed by atoms with E-state index in [4.69, 9.17) is 16.3 Å². The molecule has 0 unspecified atom stereocenters. The molecule has 0 amide bonds. The molecule has 0 spiro atoms. The van der Waals surface area contributed by atoms with E-state index < -0.39 is 0 Å². The average molecular weight is 289 g/mol. The van der Waals surface area contributed by atoms with Crippen LogP contribution in [0, 0.1) is 0 Å². The molecule has 0 N–H and O–H groups in total. The third kappa shape index (κ3) is 2.13. The van der Waals surface area contributed by atoms with E-state index in [9.17, 15) is 0 Å². The van der Waals surface area contributed by atoms with E-state index in [1.165, 1.54) is 0 Å². The summed E-state index contributed by atoms with van der Waals surface area (Å²) in [4.78, 5) is 0. The van der Waals surface area contributed by atoms with Crippen molar-refractivity contribution in [2.75, 3.05) is 7.11 Å². The summed E-state index contributed by atoms with van der Waals surface area (Å²) in [6, 6.07) is 5.61. The third-order valence-corrected chi connectivity index (χ3v) is 2.69. The molecule has 1 aromatic carbocycles. The van der Waals surface area contributed by atoms with Crippen LogP contribution < -0.4 is 4.74 Å². The van der Waals surface area contributed by atoms with E-state index in [1.54, 1.807) is 18.0 Å². The van der Waals surface area contributed by atoms with Gasteiger partial charge in [-0.15, -0.1) is 5.10 Å². The van der Waals surface area contributed by atoms with Crippen molar-refractivity contribution < 1.29 is 4.74 Å². The first-order valence-corrected chi connectivity index (χ1v) is 5.29. The summed E-state index contributed by atoms with van der Waals surface area (Å²) < 4.78 is 7.64. The maximum Gasteiger partial charge on any atom is 0.171 e. The van der Waals surface area contributed by atoms with Gasteiger partial charge in [-0.05, 0) is 28.1 Å². The predicted octanol–water partition coefficient (Wildman–Crippen LogP) is 2.69. The Hall–Kier alpha value is -1.07. The van der Waals surface area contributed by atoms with Crippen LogP contribution in [0.4, 0.5) is 0 Å². The summed E-state index contributed by atoms with van der Waals surface area (Å²) in [6.07, 6.45) is 1.63. The lowest BCUT2D eigenvalue weighted by Gasteiger charge is -2.05. The molecule has 2 aromatic rings. The monoisotopic (exact) mass is 287 g/mol. The van der Waals surface area contributed by atoms with Crippen molar-refractivity contribution in [2.45, 2.75) is 0 Å². The minimum Gasteiger partial charge on any atom is -0.495 e. The highest BCUT2D eigenvalue weighted by Gasteiger charge is 2.04. The van der Waals surface area contributed by atoms with Crippen molar-refractivity contribution in [2.24, 2.45) is 0 Å². The van der Waals surface area contributed by atoms with Crippen LogP contribution in [0.15, 0.2) is 28.9 Å². The predicted molar refractivity (Wildman–Crippen MR) is 60.6 cm³/mol. The number of rotatable bonds is 2. The molecule has 2 rings (SSSR count). The van der Waals surface area contributed by atoms with E-state index >= 15 is 0 Å². The van der Waals surface area contributed by atoms with Crippen LogP contribution >= 0.6 is 27.5 Å². The van der Waals surface area contributed by atoms with Gasteiger partial charge in [0.15, 0.2) is 5.15 Å². The summed E-state index contributed by atoms with van der Waals surface area (Å²) in [6.45, 7) is 0. The second kappa shape index (κ2) is 4.20. The Morgan fingerprint density at radius 3 is 2.87 bits per heavy atom. The topological polar surface area (TPSA) is 39.9 Å². The van der Waals surface area contributed by atoms with E-state index in [-0.39, 0.29) is 0 Å². The Labute approximate surface area is 99.9 Å². The lowest BCUT2D eigenvalue weighted by atomic mass is 10.3. The zero-order chi connectivity index (χ0) is 10.8. The number of benzene rings is 1. The number of ether oxygens (including phenoxy) is 1. The molecule has 0 fully saturated rings. The summed E-state index contributed by atoms with van der Waals surface area (Å²) in [5, 5.41) is 7.91. The van der Waals surface area contributed by atoms with Gasteiger partial charge in [0.05, 0.1) is 23.5 Å². The van der Waals surface area contributed by atoms with Crippen LogP contribution in [0.1, 0.15) is 0 Å². The normalized spacial score (nSPS) is 10.3. The van der Waals surface area contributed by atoms with E-state index in [0.717, 1.165) is 15.9 Å². The van der Waals surface area contributed by atoms with Crippen molar-refractivity contribution >= 4 is 27.5 Å². The van der Waals surface area contributed by atoms with E-state index in [1.807, 2.05) is 18.2 Å². The van der Waals surface area contributed by atoms with Gasteiger partial charge in [-0.25, -0.2) is 4.68 Å². The molecule has 0 aliphatic rings. The van der Waals surface area contributed by atoms with Crippen LogP contribution in [-0.4, -0.2) is 22.1 Å². The SMILES string of the molecule is COc1cc(-n2cc(Cl)nn2)ccc1Br. The lowest BCUT2D eigenvalue weighted by molar-refractivity contribution is 0.412. The molecule has 4 nitrogen and oxygen atoms in total. The Morgan fingerprint density at radius 2 is 2.27 bits per heavy atom. The van der Waals surface area contributed by atoms with Crippen LogP contribution in [0.5, 0.6) is 5.75 Å². The Kier molecular flexibility index (Phi) is 2.93. The summed E-state index contributed by atoms with van der Waals surface area (Å²) in [5.41, 5.74) is 0.842. The Bertz CT molecular complexity index is 486. The molecule has 78 valence electrons. The maximum absolute atomic E-state index is 5.68. The smallest absolute Gasteiger partial charge is 0.171 e. The fraction of sp³-hybridized carbons (Fsp3) is 0.111. The fourth-order valence-electron chi connectivity index (χ4n) is 1.16. The fourth-order valence-corrected chi connectivity index (χ4v) is 1.70. The number of methoxy groups -OCH3 is 1. The largest absolute Gasteiger partial charge is 0.495 e. The first kappa shape index (κ1) is 10.4. The quantitative estimate of drug-likeness (QED) is 0.853. The zero-order valence-corrected chi connectivity index (χ0v) is 10.2. The van der Waals surface area contributed by atoms with E-state index in [2.05, 4.69) is 26.2 Å². The molecule has 0 radical (unpaired) electrons. The first-order chi connectivity index (χ1) is 7.20. The molecule has 0 bridgehead atoms. The molecule has 0 atom stereocenters. The van der Waals surface area contributed by atoms with Gasteiger partial charge in [0.2, 0.25) is 0 Å². The van der Waals surface area contributed by atoms with Crippen LogP contribution in [0.25, 0.3) is 5.69 Å². The van der Waals surface area contributed by atoms with Gasteiger partial charge in [0, 0.05) is 6.07 Å². The average Bonchev–Trinajstić information content (AvgIpc) is 2.66. The number of hydrogen-bond acceptors (Lipinski definition) is 3. The van der Waals surface area contributed by atoms with Crippen molar-refractivity contribution in [1.82, 2.24) is 15.0 Å². The standard InChI is InChI=1S/C9H7BrClN3O/c1-15-8-4-6(2-3-7(8)10)14-5-9(11)12-13-14/h2-5H,1H3. The van der Waals surface area contributed by atoms with Crippen molar-refractivity contribution in [3.05, 3.63) is 34.0 Å². The molecule has 0 saturated carbocycles. The highest BCUT2D eigenvalue weighted by atomic mass is 79.9. The van der Waals surface area contributed by atoms with E-state index in [0.29, 0.717) is 5.15 Å². The van der Waals surface area contributed by atoms with Gasteiger partial charge in [-0.2, -0.15) is 0 Å². The maximum atomic E-state index is 5.68. The molecule has 0 aliphatic carbocycles. The molecular weight excluding hydrogens is 281 g/mol. The minimum atomic E-state index is 0.358. The van der Waals surface area contributed by atoms with Crippen LogP contribution in [0.2, 0.25) is 5.15 Å². The second-order valence-electron chi connectivity index (χ2n) is 2.80. The number of nitrogens with zero attached hydrogens (tertiary/aromatic N) is 3. The van der Waals surface area contributed by atoms with Gasteiger partial charge in [-0.1, -0.05) is 16.8 Å². The van der Waals surface area contributed by atoms with Gasteiger partial charge < -0.3 is 4.74 Å². The Morgan fingerprint density at radius 1 is 1.47 bits per heavy atom. The van der Waals surface area contributed by atoms with Gasteiger partial charge >= 0.3 is 0 Å². The molecular formula is C9H7BrClN3O. The summed E-state index contributed by atoms with van der Waals surface area (Å²) in [5.74, 6) is 0.735. The van der Waals surface area contributed by atoms with Crippen molar-refractivity contribution in [1.29, 1.82) is 0 Å². The number of halogens is 2. The second-order valence-corrected chi connectivity index (χ2v) is 4.05. The molecule has 1 heterocycles. The lowest BCUT2D eigenvalue weighted by Crippen LogP contribution is -1.96.